The van der Waals surface area contributed by atoms with Crippen molar-refractivity contribution in [2.45, 2.75) is 52.5 Å². The molecule has 1 aromatic carbocycles. The van der Waals surface area contributed by atoms with Gasteiger partial charge in [-0.3, -0.25) is 4.68 Å². The van der Waals surface area contributed by atoms with Gasteiger partial charge in [0.05, 0.1) is 11.1 Å². The molecule has 0 aliphatic rings. The molecule has 0 atom stereocenters. The molecule has 2 aromatic rings. The Morgan fingerprint density at radius 2 is 1.71 bits per heavy atom. The van der Waals surface area contributed by atoms with Gasteiger partial charge in [-0.05, 0) is 56.4 Å². The first-order valence-corrected chi connectivity index (χ1v) is 9.67. The molecule has 0 radical (unpaired) electrons. The topological polar surface area (TPSA) is 55.2 Å². The van der Waals surface area contributed by atoms with E-state index >= 15 is 0 Å². The molecule has 0 spiro atoms. The second kappa shape index (κ2) is 7.07. The smallest absolute Gasteiger partial charge is 0.243 e. The molecule has 0 bridgehead atoms. The standard InChI is InChI=1S/C18H27N3O2S/c1-7-8-21(12-17-10-19-20(6)11-17)24(22,23)18-15(4)13(2)9-14(3)16(18)5/h9-11H,7-8,12H2,1-6H3. The highest BCUT2D eigenvalue weighted by Crippen LogP contribution is 2.29. The first kappa shape index (κ1) is 18.7. The lowest BCUT2D eigenvalue weighted by Gasteiger charge is -2.24. The number of rotatable bonds is 6. The second-order valence-electron chi connectivity index (χ2n) is 6.45. The molecule has 2 rings (SSSR count). The van der Waals surface area contributed by atoms with E-state index in [2.05, 4.69) is 11.2 Å². The molecular formula is C18H27N3O2S. The molecule has 0 unspecified atom stereocenters. The van der Waals surface area contributed by atoms with E-state index in [0.717, 1.165) is 34.2 Å². The monoisotopic (exact) mass is 349 g/mol. The van der Waals surface area contributed by atoms with Crippen LogP contribution in [-0.2, 0) is 23.6 Å². The summed E-state index contributed by atoms with van der Waals surface area (Å²) in [5.74, 6) is 0. The van der Waals surface area contributed by atoms with Crippen molar-refractivity contribution in [2.75, 3.05) is 6.54 Å². The summed E-state index contributed by atoms with van der Waals surface area (Å²) in [6.45, 7) is 10.5. The Morgan fingerprint density at radius 3 is 2.17 bits per heavy atom. The lowest BCUT2D eigenvalue weighted by atomic mass is 10.0. The quantitative estimate of drug-likeness (QED) is 0.804. The number of hydrogen-bond donors (Lipinski definition) is 0. The summed E-state index contributed by atoms with van der Waals surface area (Å²) < 4.78 is 30.0. The van der Waals surface area contributed by atoms with Crippen molar-refractivity contribution in [1.29, 1.82) is 0 Å². The summed E-state index contributed by atoms with van der Waals surface area (Å²) in [6.07, 6.45) is 4.35. The number of sulfonamides is 1. The Labute approximate surface area is 145 Å². The molecule has 5 nitrogen and oxygen atoms in total. The van der Waals surface area contributed by atoms with Crippen LogP contribution >= 0.6 is 0 Å². The van der Waals surface area contributed by atoms with E-state index in [-0.39, 0.29) is 0 Å². The normalized spacial score (nSPS) is 12.1. The molecule has 0 saturated carbocycles. The van der Waals surface area contributed by atoms with Crippen LogP contribution in [-0.4, -0.2) is 29.0 Å². The highest BCUT2D eigenvalue weighted by molar-refractivity contribution is 7.89. The van der Waals surface area contributed by atoms with Gasteiger partial charge in [-0.15, -0.1) is 0 Å². The number of aromatic nitrogens is 2. The molecule has 0 N–H and O–H groups in total. The van der Waals surface area contributed by atoms with Gasteiger partial charge in [0.15, 0.2) is 0 Å². The van der Waals surface area contributed by atoms with E-state index in [9.17, 15) is 8.42 Å². The Hall–Kier alpha value is -1.66. The summed E-state index contributed by atoms with van der Waals surface area (Å²) in [7, 11) is -1.73. The van der Waals surface area contributed by atoms with Crippen LogP contribution in [0.3, 0.4) is 0 Å². The lowest BCUT2D eigenvalue weighted by molar-refractivity contribution is 0.405. The maximum absolute atomic E-state index is 13.4. The maximum atomic E-state index is 13.4. The molecule has 0 fully saturated rings. The van der Waals surface area contributed by atoms with Crippen molar-refractivity contribution in [3.8, 4) is 0 Å². The molecule has 1 aromatic heterocycles. The van der Waals surface area contributed by atoms with Crippen molar-refractivity contribution in [3.63, 3.8) is 0 Å². The van der Waals surface area contributed by atoms with Gasteiger partial charge in [-0.1, -0.05) is 13.0 Å². The van der Waals surface area contributed by atoms with E-state index in [1.807, 2.05) is 47.9 Å². The predicted octanol–water partition coefficient (Wildman–Crippen LogP) is 3.25. The van der Waals surface area contributed by atoms with Crippen LogP contribution in [0.15, 0.2) is 23.4 Å². The first-order chi connectivity index (χ1) is 11.2. The van der Waals surface area contributed by atoms with Gasteiger partial charge in [0.25, 0.3) is 0 Å². The molecule has 132 valence electrons. The largest absolute Gasteiger partial charge is 0.275 e. The molecule has 1 heterocycles. The fourth-order valence-corrected chi connectivity index (χ4v) is 5.08. The SMILES string of the molecule is CCCN(Cc1cnn(C)c1)S(=O)(=O)c1c(C)c(C)cc(C)c1C. The second-order valence-corrected chi connectivity index (χ2v) is 8.33. The highest BCUT2D eigenvalue weighted by atomic mass is 32.2. The zero-order valence-corrected chi connectivity index (χ0v) is 16.2. The van der Waals surface area contributed by atoms with Gasteiger partial charge in [0.1, 0.15) is 0 Å². The van der Waals surface area contributed by atoms with Crippen molar-refractivity contribution in [3.05, 3.63) is 46.3 Å². The van der Waals surface area contributed by atoms with Crippen LogP contribution in [0.2, 0.25) is 0 Å². The summed E-state index contributed by atoms with van der Waals surface area (Å²) >= 11 is 0. The van der Waals surface area contributed by atoms with Gasteiger partial charge in [0.2, 0.25) is 10.0 Å². The molecule has 6 heteroatoms. The van der Waals surface area contributed by atoms with E-state index in [0.29, 0.717) is 18.0 Å². The maximum Gasteiger partial charge on any atom is 0.243 e. The molecule has 0 amide bonds. The average Bonchev–Trinajstić information content (AvgIpc) is 2.90. The van der Waals surface area contributed by atoms with Crippen LogP contribution in [0, 0.1) is 27.7 Å². The molecule has 24 heavy (non-hydrogen) atoms. The highest BCUT2D eigenvalue weighted by Gasteiger charge is 2.29. The zero-order valence-electron chi connectivity index (χ0n) is 15.4. The van der Waals surface area contributed by atoms with Gasteiger partial charge >= 0.3 is 0 Å². The van der Waals surface area contributed by atoms with Crippen LogP contribution in [0.4, 0.5) is 0 Å². The van der Waals surface area contributed by atoms with Crippen LogP contribution < -0.4 is 0 Å². The van der Waals surface area contributed by atoms with Crippen LogP contribution in [0.5, 0.6) is 0 Å². The molecule has 0 aliphatic carbocycles. The fraction of sp³-hybridized carbons (Fsp3) is 0.500. The van der Waals surface area contributed by atoms with Gasteiger partial charge < -0.3 is 0 Å². The number of nitrogens with zero attached hydrogens (tertiary/aromatic N) is 3. The minimum atomic E-state index is -3.56. The zero-order chi connectivity index (χ0) is 18.1. The van der Waals surface area contributed by atoms with Crippen LogP contribution in [0.25, 0.3) is 0 Å². The lowest BCUT2D eigenvalue weighted by Crippen LogP contribution is -2.32. The Kier molecular flexibility index (Phi) is 5.50. The number of benzene rings is 1. The van der Waals surface area contributed by atoms with E-state index < -0.39 is 10.0 Å². The third kappa shape index (κ3) is 3.54. The van der Waals surface area contributed by atoms with Crippen LogP contribution in [0.1, 0.15) is 41.2 Å². The first-order valence-electron chi connectivity index (χ1n) is 8.23. The van der Waals surface area contributed by atoms with Gasteiger partial charge in [-0.2, -0.15) is 9.40 Å². The van der Waals surface area contributed by atoms with Crippen molar-refractivity contribution < 1.29 is 8.42 Å². The summed E-state index contributed by atoms with van der Waals surface area (Å²) in [6, 6.07) is 2.05. The van der Waals surface area contributed by atoms with E-state index in [4.69, 9.17) is 0 Å². The molecule has 0 saturated heterocycles. The fourth-order valence-electron chi connectivity index (χ4n) is 2.99. The van der Waals surface area contributed by atoms with E-state index in [1.54, 1.807) is 15.2 Å². The van der Waals surface area contributed by atoms with Crippen molar-refractivity contribution >= 4 is 10.0 Å². The number of aryl methyl sites for hydroxylation is 3. The van der Waals surface area contributed by atoms with Crippen molar-refractivity contribution in [2.24, 2.45) is 7.05 Å². The average molecular weight is 350 g/mol. The Balaban J connectivity index is 2.53. The predicted molar refractivity (Wildman–Crippen MR) is 96.5 cm³/mol. The third-order valence-electron chi connectivity index (χ3n) is 4.49. The van der Waals surface area contributed by atoms with Gasteiger partial charge in [-0.25, -0.2) is 8.42 Å². The molecule has 0 aliphatic heterocycles. The Morgan fingerprint density at radius 1 is 1.12 bits per heavy atom. The summed E-state index contributed by atoms with van der Waals surface area (Å²) in [4.78, 5) is 0.456. The summed E-state index contributed by atoms with van der Waals surface area (Å²) in [5, 5.41) is 4.14. The van der Waals surface area contributed by atoms with E-state index in [1.165, 1.54) is 0 Å². The summed E-state index contributed by atoms with van der Waals surface area (Å²) in [5.41, 5.74) is 4.59. The number of hydrogen-bond acceptors (Lipinski definition) is 3. The van der Waals surface area contributed by atoms with Crippen molar-refractivity contribution in [1.82, 2.24) is 14.1 Å². The van der Waals surface area contributed by atoms with Gasteiger partial charge in [0, 0.05) is 31.9 Å². The minimum absolute atomic E-state index is 0.343. The Bertz CT molecular complexity index is 812. The third-order valence-corrected chi connectivity index (χ3v) is 6.61. The molecular weight excluding hydrogens is 322 g/mol. The minimum Gasteiger partial charge on any atom is -0.275 e.